The molecule has 0 atom stereocenters. The van der Waals surface area contributed by atoms with Crippen molar-refractivity contribution in [3.8, 4) is 17.6 Å². The smallest absolute Gasteiger partial charge is 0.231 e. The third-order valence-corrected chi connectivity index (χ3v) is 3.18. The van der Waals surface area contributed by atoms with E-state index in [9.17, 15) is 0 Å². The Kier molecular flexibility index (Phi) is 3.63. The zero-order valence-corrected chi connectivity index (χ0v) is 11.6. The van der Waals surface area contributed by atoms with Gasteiger partial charge >= 0.3 is 0 Å². The van der Waals surface area contributed by atoms with Crippen LogP contribution in [0.15, 0.2) is 47.1 Å². The molecule has 5 nitrogen and oxygen atoms in total. The molecule has 1 aromatic carbocycles. The van der Waals surface area contributed by atoms with E-state index in [-0.39, 0.29) is 0 Å². The molecular weight excluding hydrogens is 288 g/mol. The lowest BCUT2D eigenvalue weighted by Gasteiger charge is -1.96. The first-order chi connectivity index (χ1) is 10.3. The quantitative estimate of drug-likeness (QED) is 0.741. The normalized spacial score (nSPS) is 10.3. The third-order valence-electron chi connectivity index (χ3n) is 2.88. The average molecular weight is 297 g/mol. The van der Waals surface area contributed by atoms with Gasteiger partial charge in [0.25, 0.3) is 0 Å². The minimum atomic E-state index is 0.365. The van der Waals surface area contributed by atoms with Crippen LogP contribution in [0.25, 0.3) is 11.5 Å². The number of benzene rings is 1. The van der Waals surface area contributed by atoms with E-state index in [0.29, 0.717) is 34.4 Å². The second-order valence-corrected chi connectivity index (χ2v) is 4.74. The Labute approximate surface area is 125 Å². The van der Waals surface area contributed by atoms with Gasteiger partial charge in [-0.2, -0.15) is 10.2 Å². The van der Waals surface area contributed by atoms with E-state index in [0.717, 1.165) is 5.56 Å². The van der Waals surface area contributed by atoms with Gasteiger partial charge in [0.15, 0.2) is 0 Å². The molecule has 21 heavy (non-hydrogen) atoms. The number of aromatic nitrogens is 3. The van der Waals surface area contributed by atoms with Crippen LogP contribution < -0.4 is 0 Å². The summed E-state index contributed by atoms with van der Waals surface area (Å²) in [4.78, 5) is 8.43. The van der Waals surface area contributed by atoms with Crippen LogP contribution in [0.4, 0.5) is 0 Å². The van der Waals surface area contributed by atoms with Crippen LogP contribution in [0.5, 0.6) is 0 Å². The number of rotatable bonds is 3. The third kappa shape index (κ3) is 2.91. The minimum absolute atomic E-state index is 0.365. The van der Waals surface area contributed by atoms with E-state index in [1.54, 1.807) is 30.5 Å². The summed E-state index contributed by atoms with van der Waals surface area (Å²) in [5, 5.41) is 13.1. The molecule has 0 aliphatic rings. The van der Waals surface area contributed by atoms with Crippen molar-refractivity contribution in [2.45, 2.75) is 6.42 Å². The number of hydrogen-bond acceptors (Lipinski definition) is 5. The van der Waals surface area contributed by atoms with Crippen molar-refractivity contribution in [3.63, 3.8) is 0 Å². The molecule has 0 aliphatic carbocycles. The molecule has 0 bridgehead atoms. The fourth-order valence-corrected chi connectivity index (χ4v) is 2.05. The fourth-order valence-electron chi connectivity index (χ4n) is 1.84. The zero-order valence-electron chi connectivity index (χ0n) is 10.8. The summed E-state index contributed by atoms with van der Waals surface area (Å²) in [5.41, 5.74) is 2.09. The standard InChI is InChI=1S/C15H9ClN4O/c16-12-2-1-7-18-14(12)15-19-13(21-20-15)8-10-3-5-11(9-17)6-4-10/h1-7H,8H2. The molecule has 2 aromatic heterocycles. The summed E-state index contributed by atoms with van der Waals surface area (Å²) in [6.45, 7) is 0. The van der Waals surface area contributed by atoms with Crippen molar-refractivity contribution in [1.29, 1.82) is 5.26 Å². The second-order valence-electron chi connectivity index (χ2n) is 4.33. The van der Waals surface area contributed by atoms with Gasteiger partial charge in [0.1, 0.15) is 5.69 Å². The predicted octanol–water partition coefficient (Wildman–Crippen LogP) is 3.25. The molecule has 6 heteroatoms. The molecule has 3 aromatic rings. The lowest BCUT2D eigenvalue weighted by Crippen LogP contribution is -1.90. The maximum Gasteiger partial charge on any atom is 0.231 e. The lowest BCUT2D eigenvalue weighted by atomic mass is 10.1. The highest BCUT2D eigenvalue weighted by Crippen LogP contribution is 2.22. The molecule has 0 saturated heterocycles. The van der Waals surface area contributed by atoms with Crippen LogP contribution in [-0.4, -0.2) is 15.1 Å². The number of hydrogen-bond donors (Lipinski definition) is 0. The topological polar surface area (TPSA) is 75.6 Å². The summed E-state index contributed by atoms with van der Waals surface area (Å²) in [6, 6.07) is 12.8. The van der Waals surface area contributed by atoms with Crippen molar-refractivity contribution >= 4 is 11.6 Å². The van der Waals surface area contributed by atoms with E-state index in [1.807, 2.05) is 12.1 Å². The Bertz CT molecular complexity index is 805. The molecule has 0 amide bonds. The first-order valence-corrected chi connectivity index (χ1v) is 6.56. The first kappa shape index (κ1) is 13.3. The van der Waals surface area contributed by atoms with Crippen LogP contribution in [0.2, 0.25) is 5.02 Å². The van der Waals surface area contributed by atoms with E-state index in [1.165, 1.54) is 0 Å². The Balaban J connectivity index is 1.82. The second kappa shape index (κ2) is 5.73. The Morgan fingerprint density at radius 3 is 2.71 bits per heavy atom. The number of halogens is 1. The van der Waals surface area contributed by atoms with Crippen LogP contribution in [-0.2, 0) is 6.42 Å². The van der Waals surface area contributed by atoms with E-state index in [2.05, 4.69) is 21.2 Å². The van der Waals surface area contributed by atoms with Crippen molar-refractivity contribution in [3.05, 3.63) is 64.6 Å². The lowest BCUT2D eigenvalue weighted by molar-refractivity contribution is 0.385. The highest BCUT2D eigenvalue weighted by atomic mass is 35.5. The van der Waals surface area contributed by atoms with Gasteiger partial charge in [-0.1, -0.05) is 28.9 Å². The van der Waals surface area contributed by atoms with Crippen molar-refractivity contribution in [2.24, 2.45) is 0 Å². The van der Waals surface area contributed by atoms with Gasteiger partial charge in [-0.3, -0.25) is 4.98 Å². The van der Waals surface area contributed by atoms with Gasteiger partial charge in [0, 0.05) is 6.20 Å². The van der Waals surface area contributed by atoms with Gasteiger partial charge < -0.3 is 4.52 Å². The summed E-state index contributed by atoms with van der Waals surface area (Å²) < 4.78 is 5.21. The molecule has 0 saturated carbocycles. The molecule has 102 valence electrons. The largest absolute Gasteiger partial charge is 0.339 e. The number of nitrogens with zero attached hydrogens (tertiary/aromatic N) is 4. The molecule has 0 unspecified atom stereocenters. The van der Waals surface area contributed by atoms with Gasteiger partial charge in [0.05, 0.1) is 23.1 Å². The van der Waals surface area contributed by atoms with Gasteiger partial charge in [-0.25, -0.2) is 0 Å². The first-order valence-electron chi connectivity index (χ1n) is 6.19. The fraction of sp³-hybridized carbons (Fsp3) is 0.0667. The van der Waals surface area contributed by atoms with E-state index in [4.69, 9.17) is 21.4 Å². The van der Waals surface area contributed by atoms with Crippen molar-refractivity contribution in [2.75, 3.05) is 0 Å². The predicted molar refractivity (Wildman–Crippen MR) is 76.5 cm³/mol. The van der Waals surface area contributed by atoms with Crippen LogP contribution in [0.3, 0.4) is 0 Å². The SMILES string of the molecule is N#Cc1ccc(Cc2nc(-c3ncccc3Cl)no2)cc1. The van der Waals surface area contributed by atoms with E-state index >= 15 is 0 Å². The zero-order chi connectivity index (χ0) is 14.7. The Hall–Kier alpha value is -2.71. The van der Waals surface area contributed by atoms with Crippen molar-refractivity contribution in [1.82, 2.24) is 15.1 Å². The van der Waals surface area contributed by atoms with Gasteiger partial charge in [0.2, 0.25) is 11.7 Å². The highest BCUT2D eigenvalue weighted by Gasteiger charge is 2.13. The molecule has 0 fully saturated rings. The Morgan fingerprint density at radius 1 is 1.19 bits per heavy atom. The maximum atomic E-state index is 8.76. The summed E-state index contributed by atoms with van der Waals surface area (Å²) in [6.07, 6.45) is 2.11. The molecule has 3 rings (SSSR count). The van der Waals surface area contributed by atoms with Crippen LogP contribution in [0, 0.1) is 11.3 Å². The summed E-state index contributed by atoms with van der Waals surface area (Å²) in [7, 11) is 0. The average Bonchev–Trinajstić information content (AvgIpc) is 2.97. The van der Waals surface area contributed by atoms with Crippen molar-refractivity contribution < 1.29 is 4.52 Å². The Morgan fingerprint density at radius 2 is 2.00 bits per heavy atom. The van der Waals surface area contributed by atoms with Crippen LogP contribution in [0.1, 0.15) is 17.0 Å². The monoisotopic (exact) mass is 296 g/mol. The molecule has 0 N–H and O–H groups in total. The number of pyridine rings is 1. The van der Waals surface area contributed by atoms with Crippen LogP contribution >= 0.6 is 11.6 Å². The molecule has 2 heterocycles. The van der Waals surface area contributed by atoms with Gasteiger partial charge in [-0.15, -0.1) is 0 Å². The van der Waals surface area contributed by atoms with Gasteiger partial charge in [-0.05, 0) is 29.8 Å². The van der Waals surface area contributed by atoms with E-state index < -0.39 is 0 Å². The molecule has 0 spiro atoms. The molecular formula is C15H9ClN4O. The number of nitriles is 1. The summed E-state index contributed by atoms with van der Waals surface area (Å²) >= 11 is 6.05. The summed E-state index contributed by atoms with van der Waals surface area (Å²) in [5.74, 6) is 0.834. The molecule has 0 aliphatic heterocycles. The maximum absolute atomic E-state index is 8.76. The highest BCUT2D eigenvalue weighted by molar-refractivity contribution is 6.32. The molecule has 0 radical (unpaired) electrons. The minimum Gasteiger partial charge on any atom is -0.339 e.